The van der Waals surface area contributed by atoms with Crippen molar-refractivity contribution in [2.45, 2.75) is 51.4 Å². The second kappa shape index (κ2) is 21.3. The van der Waals surface area contributed by atoms with Gasteiger partial charge < -0.3 is 23.7 Å². The first-order valence-corrected chi connectivity index (χ1v) is 20.5. The van der Waals surface area contributed by atoms with Crippen molar-refractivity contribution in [3.8, 4) is 11.5 Å². The molecule has 6 aromatic carbocycles. The summed E-state index contributed by atoms with van der Waals surface area (Å²) in [4.78, 5) is 47.7. The largest absolute Gasteiger partial charge is 0.463 e. The number of carbonyl (C=O) groups excluding carboxylic acids is 4. The van der Waals surface area contributed by atoms with Gasteiger partial charge in [-0.05, 0) is 118 Å². The first-order valence-electron chi connectivity index (χ1n) is 20.5. The van der Waals surface area contributed by atoms with Crippen LogP contribution in [0.25, 0.3) is 43.1 Å². The summed E-state index contributed by atoms with van der Waals surface area (Å²) in [6, 6.07) is 28.7. The number of rotatable bonds is 22. The Hall–Kier alpha value is -7.00. The predicted molar refractivity (Wildman–Crippen MR) is 241 cm³/mol. The molecule has 312 valence electrons. The Labute approximate surface area is 355 Å². The lowest BCUT2D eigenvalue weighted by atomic mass is 9.87. The normalized spacial score (nSPS) is 11.0. The van der Waals surface area contributed by atoms with Crippen molar-refractivity contribution in [1.82, 2.24) is 0 Å². The molecule has 0 saturated carbocycles. The highest BCUT2D eigenvalue weighted by molar-refractivity contribution is 6.10. The summed E-state index contributed by atoms with van der Waals surface area (Å²) in [6.45, 7) is 15.0. The Balaban J connectivity index is 1.53. The van der Waals surface area contributed by atoms with Crippen molar-refractivity contribution < 1.29 is 42.9 Å². The van der Waals surface area contributed by atoms with Crippen molar-refractivity contribution in [3.63, 3.8) is 0 Å². The van der Waals surface area contributed by atoms with Crippen molar-refractivity contribution >= 4 is 67.0 Å². The molecular formula is C52H50O9. The van der Waals surface area contributed by atoms with Crippen molar-refractivity contribution in [2.24, 2.45) is 0 Å². The van der Waals surface area contributed by atoms with Crippen LogP contribution in [-0.4, -0.2) is 50.3 Å². The van der Waals surface area contributed by atoms with Gasteiger partial charge in [0.05, 0.1) is 26.4 Å². The third-order valence-electron chi connectivity index (χ3n) is 10.6. The van der Waals surface area contributed by atoms with E-state index in [1.54, 1.807) is 0 Å². The minimum Gasteiger partial charge on any atom is -0.463 e. The second-order valence-electron chi connectivity index (χ2n) is 14.4. The molecule has 0 atom stereocenters. The Morgan fingerprint density at radius 3 is 0.967 bits per heavy atom. The summed E-state index contributed by atoms with van der Waals surface area (Å²) in [7, 11) is 0. The number of ether oxygens (including phenoxy) is 5. The number of hydrogen-bond donors (Lipinski definition) is 0. The van der Waals surface area contributed by atoms with Gasteiger partial charge in [0.25, 0.3) is 0 Å². The molecule has 0 unspecified atom stereocenters. The van der Waals surface area contributed by atoms with Gasteiger partial charge in [-0.3, -0.25) is 0 Å². The lowest BCUT2D eigenvalue weighted by molar-refractivity contribution is -0.138. The van der Waals surface area contributed by atoms with Crippen LogP contribution in [0.5, 0.6) is 11.5 Å². The predicted octanol–water partition coefficient (Wildman–Crippen LogP) is 10.7. The van der Waals surface area contributed by atoms with Crippen molar-refractivity contribution in [3.05, 3.63) is 158 Å². The fraction of sp³-hybridized carbons (Fsp3) is 0.231. The minimum atomic E-state index is -0.471. The van der Waals surface area contributed by atoms with Crippen molar-refractivity contribution in [1.29, 1.82) is 0 Å². The first kappa shape index (κ1) is 43.6. The molecule has 0 fully saturated rings. The lowest BCUT2D eigenvalue weighted by Gasteiger charge is -2.22. The maximum atomic E-state index is 12.0. The zero-order valence-corrected chi connectivity index (χ0v) is 34.4. The molecule has 0 spiro atoms. The molecule has 0 aliphatic rings. The van der Waals surface area contributed by atoms with Gasteiger partial charge >= 0.3 is 23.9 Å². The molecule has 0 N–H and O–H groups in total. The minimum absolute atomic E-state index is 0.220. The molecule has 0 amide bonds. The third kappa shape index (κ3) is 10.4. The fourth-order valence-electron chi connectivity index (χ4n) is 8.04. The highest BCUT2D eigenvalue weighted by Gasteiger charge is 2.21. The number of benzene rings is 6. The Bertz CT molecular complexity index is 2460. The van der Waals surface area contributed by atoms with Gasteiger partial charge in [-0.25, -0.2) is 19.2 Å². The summed E-state index contributed by atoms with van der Waals surface area (Å²) < 4.78 is 28.7. The summed E-state index contributed by atoms with van der Waals surface area (Å²) in [5.74, 6) is -0.548. The van der Waals surface area contributed by atoms with E-state index in [-0.39, 0.29) is 26.4 Å². The zero-order valence-electron chi connectivity index (χ0n) is 34.4. The molecule has 0 radical (unpaired) electrons. The van der Waals surface area contributed by atoms with Gasteiger partial charge in [0.1, 0.15) is 11.5 Å². The van der Waals surface area contributed by atoms with Gasteiger partial charge in [-0.15, -0.1) is 0 Å². The van der Waals surface area contributed by atoms with Crippen LogP contribution >= 0.6 is 0 Å². The number of hydrogen-bond acceptors (Lipinski definition) is 9. The quantitative estimate of drug-likeness (QED) is 0.0217. The van der Waals surface area contributed by atoms with E-state index in [1.165, 1.54) is 12.2 Å². The van der Waals surface area contributed by atoms with E-state index in [1.807, 2.05) is 48.5 Å². The molecule has 0 aliphatic carbocycles. The number of esters is 4. The highest BCUT2D eigenvalue weighted by atomic mass is 16.5. The molecule has 9 nitrogen and oxygen atoms in total. The topological polar surface area (TPSA) is 114 Å². The lowest BCUT2D eigenvalue weighted by Crippen LogP contribution is -2.06. The van der Waals surface area contributed by atoms with Crippen LogP contribution in [0.4, 0.5) is 0 Å². The van der Waals surface area contributed by atoms with Gasteiger partial charge in [0.2, 0.25) is 0 Å². The first-order chi connectivity index (χ1) is 29.8. The Kier molecular flexibility index (Phi) is 15.2. The van der Waals surface area contributed by atoms with Gasteiger partial charge in [-0.1, -0.05) is 99.1 Å². The SMILES string of the molecule is C=CC(=O)OCCCc1c2ccccc2c(CCCOC(=O)C=C)c2c(Oc3cccc4c(CCCOC(=O)C=C)c5ccccc5c(CCCOC(=O)C=C)c34)cccc12. The van der Waals surface area contributed by atoms with E-state index in [0.717, 1.165) is 77.5 Å². The third-order valence-corrected chi connectivity index (χ3v) is 10.6. The molecule has 6 rings (SSSR count). The number of aryl methyl sites for hydroxylation is 4. The molecule has 0 aliphatic heterocycles. The monoisotopic (exact) mass is 818 g/mol. The van der Waals surface area contributed by atoms with Crippen LogP contribution in [0, 0.1) is 0 Å². The maximum Gasteiger partial charge on any atom is 0.330 e. The van der Waals surface area contributed by atoms with Crippen molar-refractivity contribution in [2.75, 3.05) is 26.4 Å². The molecular weight excluding hydrogens is 769 g/mol. The van der Waals surface area contributed by atoms with Crippen LogP contribution in [0.1, 0.15) is 47.9 Å². The van der Waals surface area contributed by atoms with E-state index in [4.69, 9.17) is 23.7 Å². The highest BCUT2D eigenvalue weighted by Crippen LogP contribution is 2.44. The smallest absolute Gasteiger partial charge is 0.330 e. The molecule has 6 aromatic rings. The fourth-order valence-corrected chi connectivity index (χ4v) is 8.04. The van der Waals surface area contributed by atoms with Crippen LogP contribution < -0.4 is 4.74 Å². The van der Waals surface area contributed by atoms with E-state index >= 15 is 0 Å². The zero-order chi connectivity index (χ0) is 43.1. The van der Waals surface area contributed by atoms with E-state index in [2.05, 4.69) is 62.7 Å². The number of fused-ring (bicyclic) bond motifs is 4. The van der Waals surface area contributed by atoms with E-state index in [9.17, 15) is 19.2 Å². The summed E-state index contributed by atoms with van der Waals surface area (Å²) >= 11 is 0. The molecule has 0 aromatic heterocycles. The van der Waals surface area contributed by atoms with E-state index < -0.39 is 23.9 Å². The maximum absolute atomic E-state index is 12.0. The van der Waals surface area contributed by atoms with Crippen LogP contribution in [0.15, 0.2) is 136 Å². The Morgan fingerprint density at radius 1 is 0.377 bits per heavy atom. The molecule has 0 saturated heterocycles. The number of carbonyl (C=O) groups is 4. The average Bonchev–Trinajstić information content (AvgIpc) is 3.29. The van der Waals surface area contributed by atoms with Gasteiger partial charge in [-0.2, -0.15) is 0 Å². The second-order valence-corrected chi connectivity index (χ2v) is 14.4. The molecule has 0 heterocycles. The van der Waals surface area contributed by atoms with Crippen LogP contribution in [0.3, 0.4) is 0 Å². The summed E-state index contributed by atoms with van der Waals surface area (Å²) in [6.07, 6.45) is 9.43. The average molecular weight is 819 g/mol. The van der Waals surface area contributed by atoms with Gasteiger partial charge in [0, 0.05) is 35.1 Å². The molecule has 9 heteroatoms. The van der Waals surface area contributed by atoms with E-state index in [0.29, 0.717) is 62.9 Å². The van der Waals surface area contributed by atoms with Gasteiger partial charge in [0.15, 0.2) is 0 Å². The van der Waals surface area contributed by atoms with Crippen LogP contribution in [-0.2, 0) is 63.8 Å². The standard InChI is InChI=1S/C52H50O9/c1-5-47(53)57-31-15-25-39-35-19-9-11-21-37(35)43(27-17-33-59-49(55)7-3)51-41(39)23-13-29-45(51)61-46-30-14-24-42-40(26-16-32-58-48(54)6-2)36-20-10-12-22-38(36)44(52(42)46)28-18-34-60-50(56)8-4/h5-14,19-24,29-30H,1-4,15-18,25-28,31-34H2. The van der Waals surface area contributed by atoms with Crippen LogP contribution in [0.2, 0.25) is 0 Å². The summed E-state index contributed by atoms with van der Waals surface area (Å²) in [5, 5.41) is 8.17. The molecule has 61 heavy (non-hydrogen) atoms. The Morgan fingerprint density at radius 2 is 0.656 bits per heavy atom. The molecule has 0 bridgehead atoms. The summed E-state index contributed by atoms with van der Waals surface area (Å²) in [5.41, 5.74) is 4.32.